The van der Waals surface area contributed by atoms with E-state index in [0.717, 1.165) is 17.1 Å². The van der Waals surface area contributed by atoms with Crippen LogP contribution in [0, 0.1) is 0 Å². The van der Waals surface area contributed by atoms with Gasteiger partial charge in [0, 0.05) is 22.5 Å². The fourth-order valence-electron chi connectivity index (χ4n) is 12.1. The van der Waals surface area contributed by atoms with Crippen molar-refractivity contribution in [3.8, 4) is 55.6 Å². The SMILES string of the molecule is CC(C)(C)c1ccc2c(c1)C(c1ccccc1)(c1ccccc1)c1cc(C(C)(C)C)cc(-c3ccc(N(c4ccc(-c5ccccc5)cc4)c4cccc(-c5ccc6c(c5)C(C)(C)c5ccccc5-6)c4)cc3)c1-2. The maximum absolute atomic E-state index is 2.54. The average Bonchev–Trinajstić information content (AvgIpc) is 3.85. The average molecular weight is 942 g/mol. The van der Waals surface area contributed by atoms with Crippen molar-refractivity contribution in [2.45, 2.75) is 77.0 Å². The lowest BCUT2D eigenvalue weighted by atomic mass is 9.66. The number of hydrogen-bond donors (Lipinski definition) is 0. The molecule has 10 aromatic carbocycles. The second kappa shape index (κ2) is 17.3. The number of anilines is 3. The molecule has 0 heterocycles. The first-order valence-electron chi connectivity index (χ1n) is 26.1. The summed E-state index contributed by atoms with van der Waals surface area (Å²) in [5, 5.41) is 0. The second-order valence-corrected chi connectivity index (χ2v) is 23.0. The first kappa shape index (κ1) is 46.1. The summed E-state index contributed by atoms with van der Waals surface area (Å²) in [4.78, 5) is 2.42. The summed E-state index contributed by atoms with van der Waals surface area (Å²) >= 11 is 0. The molecule has 1 heteroatoms. The minimum absolute atomic E-state index is 0.0317. The molecule has 2 aliphatic carbocycles. The van der Waals surface area contributed by atoms with Gasteiger partial charge >= 0.3 is 0 Å². The molecule has 0 spiro atoms. The lowest BCUT2D eigenvalue weighted by Gasteiger charge is -2.35. The Morgan fingerprint density at radius 3 is 1.42 bits per heavy atom. The van der Waals surface area contributed by atoms with Crippen LogP contribution in [0.15, 0.2) is 237 Å². The highest BCUT2D eigenvalue weighted by Gasteiger charge is 2.48. The zero-order valence-corrected chi connectivity index (χ0v) is 43.5. The van der Waals surface area contributed by atoms with Crippen LogP contribution < -0.4 is 4.90 Å². The normalized spacial score (nSPS) is 14.0. The van der Waals surface area contributed by atoms with Crippen LogP contribution in [-0.2, 0) is 21.7 Å². The molecule has 73 heavy (non-hydrogen) atoms. The van der Waals surface area contributed by atoms with E-state index in [9.17, 15) is 0 Å². The molecule has 0 radical (unpaired) electrons. The fraction of sp³-hybridized carbons (Fsp3) is 0.167. The molecule has 2 aliphatic rings. The largest absolute Gasteiger partial charge is 0.310 e. The molecule has 0 saturated heterocycles. The van der Waals surface area contributed by atoms with Crippen LogP contribution in [0.5, 0.6) is 0 Å². The molecule has 0 bridgehead atoms. The Morgan fingerprint density at radius 1 is 0.301 bits per heavy atom. The Balaban J connectivity index is 1.03. The van der Waals surface area contributed by atoms with Crippen LogP contribution in [0.1, 0.15) is 99.9 Å². The summed E-state index contributed by atoms with van der Waals surface area (Å²) in [6.45, 7) is 18.8. The first-order chi connectivity index (χ1) is 35.2. The lowest BCUT2D eigenvalue weighted by Crippen LogP contribution is -2.29. The van der Waals surface area contributed by atoms with Crippen molar-refractivity contribution in [1.29, 1.82) is 0 Å². The van der Waals surface area contributed by atoms with Gasteiger partial charge in [0.25, 0.3) is 0 Å². The maximum atomic E-state index is 2.54. The van der Waals surface area contributed by atoms with Gasteiger partial charge in [-0.1, -0.05) is 243 Å². The maximum Gasteiger partial charge on any atom is 0.0713 e. The molecule has 0 aliphatic heterocycles. The smallest absolute Gasteiger partial charge is 0.0713 e. The Kier molecular flexibility index (Phi) is 11.0. The van der Waals surface area contributed by atoms with Gasteiger partial charge in [-0.3, -0.25) is 0 Å². The summed E-state index contributed by atoms with van der Waals surface area (Å²) in [6, 6.07) is 89.0. The van der Waals surface area contributed by atoms with E-state index in [1.165, 1.54) is 100 Å². The van der Waals surface area contributed by atoms with Gasteiger partial charge in [0.1, 0.15) is 0 Å². The highest BCUT2D eigenvalue weighted by atomic mass is 15.1. The molecule has 1 nitrogen and oxygen atoms in total. The van der Waals surface area contributed by atoms with Crippen LogP contribution >= 0.6 is 0 Å². The molecule has 10 aromatic rings. The van der Waals surface area contributed by atoms with Crippen molar-refractivity contribution in [1.82, 2.24) is 0 Å². The van der Waals surface area contributed by atoms with Crippen molar-refractivity contribution < 1.29 is 0 Å². The minimum Gasteiger partial charge on any atom is -0.310 e. The van der Waals surface area contributed by atoms with Crippen molar-refractivity contribution in [2.24, 2.45) is 0 Å². The van der Waals surface area contributed by atoms with Crippen LogP contribution in [-0.4, -0.2) is 0 Å². The Hall–Kier alpha value is -8.00. The third kappa shape index (κ3) is 7.68. The zero-order valence-electron chi connectivity index (χ0n) is 43.5. The highest BCUT2D eigenvalue weighted by molar-refractivity contribution is 5.97. The monoisotopic (exact) mass is 941 g/mol. The third-order valence-electron chi connectivity index (χ3n) is 16.1. The number of rotatable bonds is 8. The number of benzene rings is 10. The highest BCUT2D eigenvalue weighted by Crippen LogP contribution is 2.60. The quantitative estimate of drug-likeness (QED) is 0.147. The Bertz CT molecular complexity index is 3640. The lowest BCUT2D eigenvalue weighted by molar-refractivity contribution is 0.586. The molecule has 0 N–H and O–H groups in total. The predicted octanol–water partition coefficient (Wildman–Crippen LogP) is 19.4. The Labute approximate surface area is 433 Å². The van der Waals surface area contributed by atoms with Crippen molar-refractivity contribution in [2.75, 3.05) is 4.90 Å². The first-order valence-corrected chi connectivity index (χ1v) is 26.1. The van der Waals surface area contributed by atoms with Crippen LogP contribution in [0.3, 0.4) is 0 Å². The van der Waals surface area contributed by atoms with Gasteiger partial charge in [-0.15, -0.1) is 0 Å². The predicted molar refractivity (Wildman–Crippen MR) is 310 cm³/mol. The van der Waals surface area contributed by atoms with E-state index < -0.39 is 5.41 Å². The van der Waals surface area contributed by atoms with Gasteiger partial charge in [0.15, 0.2) is 0 Å². The van der Waals surface area contributed by atoms with Gasteiger partial charge in [0.05, 0.1) is 5.41 Å². The zero-order chi connectivity index (χ0) is 50.3. The molecule has 0 saturated carbocycles. The van der Waals surface area contributed by atoms with E-state index in [1.54, 1.807) is 0 Å². The van der Waals surface area contributed by atoms with Gasteiger partial charge in [0.2, 0.25) is 0 Å². The summed E-state index contributed by atoms with van der Waals surface area (Å²) < 4.78 is 0. The molecule has 0 fully saturated rings. The molecule has 0 amide bonds. The van der Waals surface area contributed by atoms with Gasteiger partial charge in [-0.25, -0.2) is 0 Å². The van der Waals surface area contributed by atoms with Gasteiger partial charge in [-0.05, 0) is 160 Å². The van der Waals surface area contributed by atoms with Gasteiger partial charge < -0.3 is 4.90 Å². The summed E-state index contributed by atoms with van der Waals surface area (Å²) in [6.07, 6.45) is 0. The van der Waals surface area contributed by atoms with Crippen molar-refractivity contribution >= 4 is 17.1 Å². The molecule has 356 valence electrons. The summed E-state index contributed by atoms with van der Waals surface area (Å²) in [5.41, 5.74) is 25.8. The van der Waals surface area contributed by atoms with Crippen LogP contribution in [0.25, 0.3) is 55.6 Å². The molecule has 0 aromatic heterocycles. The molecular weight excluding hydrogens is 879 g/mol. The fourth-order valence-corrected chi connectivity index (χ4v) is 12.1. The third-order valence-corrected chi connectivity index (χ3v) is 16.1. The minimum atomic E-state index is -0.531. The van der Waals surface area contributed by atoms with Crippen molar-refractivity contribution in [3.63, 3.8) is 0 Å². The number of nitrogens with zero attached hydrogens (tertiary/aromatic N) is 1. The Morgan fingerprint density at radius 2 is 0.795 bits per heavy atom. The standard InChI is InChI=1S/C72H63N/c1-69(2,3)55-36-42-62-66(46-55)72(53-24-14-10-15-25-53,54-26-16-11-17-27-54)67-47-56(70(4,5)6)45-63(68(62)67)50-33-39-58(40-34-50)73(57-37-31-49(32-38-57)48-21-12-9-13-22-48)59-28-20-23-51(43-59)52-35-41-61-60-29-18-19-30-64(60)71(7,8)65(61)44-52/h9-47H,1-8H3. The van der Waals surface area contributed by atoms with Crippen molar-refractivity contribution in [3.05, 3.63) is 281 Å². The van der Waals surface area contributed by atoms with E-state index >= 15 is 0 Å². The van der Waals surface area contributed by atoms with Crippen LogP contribution in [0.2, 0.25) is 0 Å². The molecular formula is C72H63N. The molecule has 0 unspecified atom stereocenters. The molecule has 12 rings (SSSR count). The molecule has 0 atom stereocenters. The van der Waals surface area contributed by atoms with Crippen LogP contribution in [0.4, 0.5) is 17.1 Å². The van der Waals surface area contributed by atoms with E-state index in [-0.39, 0.29) is 16.2 Å². The van der Waals surface area contributed by atoms with E-state index in [0.29, 0.717) is 0 Å². The van der Waals surface area contributed by atoms with E-state index in [4.69, 9.17) is 0 Å². The summed E-state index contributed by atoms with van der Waals surface area (Å²) in [5.74, 6) is 0. The number of fused-ring (bicyclic) bond motifs is 6. The summed E-state index contributed by atoms with van der Waals surface area (Å²) in [7, 11) is 0. The van der Waals surface area contributed by atoms with E-state index in [1.807, 2.05) is 0 Å². The van der Waals surface area contributed by atoms with E-state index in [2.05, 4.69) is 297 Å². The topological polar surface area (TPSA) is 3.24 Å². The number of hydrogen-bond acceptors (Lipinski definition) is 1. The van der Waals surface area contributed by atoms with Gasteiger partial charge in [-0.2, -0.15) is 0 Å². The second-order valence-electron chi connectivity index (χ2n) is 23.0.